The van der Waals surface area contributed by atoms with Gasteiger partial charge in [0.1, 0.15) is 12.1 Å². The van der Waals surface area contributed by atoms with E-state index in [0.717, 1.165) is 0 Å². The fourth-order valence-electron chi connectivity index (χ4n) is 1.18. The van der Waals surface area contributed by atoms with Crippen LogP contribution >= 0.6 is 11.3 Å². The molecule has 0 radical (unpaired) electrons. The van der Waals surface area contributed by atoms with Crippen LogP contribution in [0.3, 0.4) is 0 Å². The van der Waals surface area contributed by atoms with E-state index in [1.165, 1.54) is 23.5 Å². The predicted octanol–water partition coefficient (Wildman–Crippen LogP) is 2.60. The molecular formula is C10H10FN3S. The zero-order valence-electron chi connectivity index (χ0n) is 8.20. The summed E-state index contributed by atoms with van der Waals surface area (Å²) in [6, 6.07) is 1.28. The molecule has 78 valence electrons. The predicted molar refractivity (Wildman–Crippen MR) is 58.4 cm³/mol. The maximum absolute atomic E-state index is 12.7. The maximum atomic E-state index is 12.7. The van der Waals surface area contributed by atoms with E-state index in [1.807, 2.05) is 6.92 Å². The van der Waals surface area contributed by atoms with E-state index in [-0.39, 0.29) is 0 Å². The van der Waals surface area contributed by atoms with Gasteiger partial charge in [0.15, 0.2) is 0 Å². The van der Waals surface area contributed by atoms with Gasteiger partial charge < -0.3 is 5.32 Å². The Balaban J connectivity index is 2.02. The number of halogens is 1. The molecule has 5 heteroatoms. The van der Waals surface area contributed by atoms with Crippen molar-refractivity contribution in [3.05, 3.63) is 40.2 Å². The quantitative estimate of drug-likeness (QED) is 0.813. The molecule has 2 rings (SSSR count). The highest BCUT2D eigenvalue weighted by molar-refractivity contribution is 7.08. The highest BCUT2D eigenvalue weighted by Crippen LogP contribution is 2.15. The molecule has 3 nitrogen and oxygen atoms in total. The molecule has 2 aromatic heterocycles. The Morgan fingerprint density at radius 1 is 1.40 bits per heavy atom. The molecule has 1 N–H and O–H groups in total. The second kappa shape index (κ2) is 4.35. The molecule has 0 saturated carbocycles. The lowest BCUT2D eigenvalue weighted by atomic mass is 10.2. The molecule has 0 amide bonds. The number of aryl methyl sites for hydroxylation is 1. The molecule has 0 unspecified atom stereocenters. The zero-order valence-corrected chi connectivity index (χ0v) is 9.01. The summed E-state index contributed by atoms with van der Waals surface area (Å²) in [4.78, 5) is 7.30. The van der Waals surface area contributed by atoms with Gasteiger partial charge >= 0.3 is 0 Å². The van der Waals surface area contributed by atoms with Crippen LogP contribution in [0, 0.1) is 12.9 Å². The second-order valence-electron chi connectivity index (χ2n) is 3.16. The second-order valence-corrected chi connectivity index (χ2v) is 3.90. The molecule has 0 aliphatic carbocycles. The SMILES string of the molecule is Cc1cscc1CNc1cc(F)ncn1. The fraction of sp³-hybridized carbons (Fsp3) is 0.200. The van der Waals surface area contributed by atoms with Crippen LogP contribution < -0.4 is 5.32 Å². The smallest absolute Gasteiger partial charge is 0.217 e. The number of nitrogens with one attached hydrogen (secondary N) is 1. The van der Waals surface area contributed by atoms with Gasteiger partial charge in [-0.2, -0.15) is 15.7 Å². The average Bonchev–Trinajstić information content (AvgIpc) is 2.61. The van der Waals surface area contributed by atoms with Crippen molar-refractivity contribution < 1.29 is 4.39 Å². The third kappa shape index (κ3) is 2.50. The fourth-order valence-corrected chi connectivity index (χ4v) is 2.04. The Kier molecular flexibility index (Phi) is 2.91. The summed E-state index contributed by atoms with van der Waals surface area (Å²) in [5.74, 6) is -0.0114. The van der Waals surface area contributed by atoms with Crippen LogP contribution in [-0.4, -0.2) is 9.97 Å². The van der Waals surface area contributed by atoms with Crippen LogP contribution in [-0.2, 0) is 6.54 Å². The van der Waals surface area contributed by atoms with Gasteiger partial charge in [-0.1, -0.05) is 0 Å². The molecule has 0 bridgehead atoms. The van der Waals surface area contributed by atoms with E-state index < -0.39 is 5.95 Å². The van der Waals surface area contributed by atoms with E-state index in [4.69, 9.17) is 0 Å². The third-order valence-electron chi connectivity index (χ3n) is 2.06. The Bertz CT molecular complexity index is 455. The van der Waals surface area contributed by atoms with Gasteiger partial charge in [-0.25, -0.2) is 9.97 Å². The minimum atomic E-state index is -0.519. The zero-order chi connectivity index (χ0) is 10.7. The van der Waals surface area contributed by atoms with Gasteiger partial charge in [0.05, 0.1) is 0 Å². The van der Waals surface area contributed by atoms with Gasteiger partial charge in [0.2, 0.25) is 5.95 Å². The molecule has 2 heterocycles. The molecular weight excluding hydrogens is 213 g/mol. The monoisotopic (exact) mass is 223 g/mol. The number of hydrogen-bond donors (Lipinski definition) is 1. The third-order valence-corrected chi connectivity index (χ3v) is 2.97. The van der Waals surface area contributed by atoms with Crippen molar-refractivity contribution in [1.82, 2.24) is 9.97 Å². The van der Waals surface area contributed by atoms with E-state index in [9.17, 15) is 4.39 Å². The molecule has 0 spiro atoms. The Labute approximate surface area is 91.0 Å². The normalized spacial score (nSPS) is 10.3. The highest BCUT2D eigenvalue weighted by atomic mass is 32.1. The maximum Gasteiger partial charge on any atom is 0.217 e. The van der Waals surface area contributed by atoms with Crippen LogP contribution in [0.15, 0.2) is 23.2 Å². The lowest BCUT2D eigenvalue weighted by Gasteiger charge is -2.04. The van der Waals surface area contributed by atoms with E-state index in [1.54, 1.807) is 11.3 Å². The molecule has 0 aliphatic heterocycles. The topological polar surface area (TPSA) is 37.8 Å². The first-order valence-corrected chi connectivity index (χ1v) is 5.43. The number of aromatic nitrogens is 2. The lowest BCUT2D eigenvalue weighted by Crippen LogP contribution is -2.02. The van der Waals surface area contributed by atoms with Gasteiger partial charge in [-0.15, -0.1) is 0 Å². The Morgan fingerprint density at radius 3 is 2.93 bits per heavy atom. The van der Waals surface area contributed by atoms with Gasteiger partial charge in [0, 0.05) is 12.6 Å². The van der Waals surface area contributed by atoms with Crippen molar-refractivity contribution >= 4 is 17.2 Å². The van der Waals surface area contributed by atoms with Crippen LogP contribution in [0.25, 0.3) is 0 Å². The molecule has 0 aromatic carbocycles. The summed E-state index contributed by atoms with van der Waals surface area (Å²) in [5, 5.41) is 7.19. The van der Waals surface area contributed by atoms with Crippen molar-refractivity contribution in [3.63, 3.8) is 0 Å². The first-order valence-electron chi connectivity index (χ1n) is 4.49. The van der Waals surface area contributed by atoms with Crippen molar-refractivity contribution in [2.75, 3.05) is 5.32 Å². The minimum absolute atomic E-state index is 0.508. The summed E-state index contributed by atoms with van der Waals surface area (Å²) in [6.45, 7) is 2.71. The van der Waals surface area contributed by atoms with Crippen LogP contribution in [0.1, 0.15) is 11.1 Å². The highest BCUT2D eigenvalue weighted by Gasteiger charge is 2.00. The van der Waals surface area contributed by atoms with Gasteiger partial charge in [-0.3, -0.25) is 0 Å². The standard InChI is InChI=1S/C10H10FN3S/c1-7-4-15-5-8(7)3-12-10-2-9(11)13-6-14-10/h2,4-6H,3H2,1H3,(H,12,13,14). The van der Waals surface area contributed by atoms with E-state index in [2.05, 4.69) is 26.0 Å². The van der Waals surface area contributed by atoms with Crippen molar-refractivity contribution in [2.24, 2.45) is 0 Å². The molecule has 0 saturated heterocycles. The molecule has 0 atom stereocenters. The number of nitrogens with zero attached hydrogens (tertiary/aromatic N) is 2. The van der Waals surface area contributed by atoms with Crippen molar-refractivity contribution in [3.8, 4) is 0 Å². The summed E-state index contributed by atoms with van der Waals surface area (Å²) >= 11 is 1.66. The van der Waals surface area contributed by atoms with Crippen molar-refractivity contribution in [1.29, 1.82) is 0 Å². The molecule has 2 aromatic rings. The van der Waals surface area contributed by atoms with Gasteiger partial charge in [-0.05, 0) is 28.8 Å². The first kappa shape index (κ1) is 10.0. The van der Waals surface area contributed by atoms with E-state index in [0.29, 0.717) is 12.4 Å². The first-order chi connectivity index (χ1) is 7.25. The summed E-state index contributed by atoms with van der Waals surface area (Å²) in [6.07, 6.45) is 1.21. The molecule has 0 fully saturated rings. The number of anilines is 1. The number of hydrogen-bond acceptors (Lipinski definition) is 4. The van der Waals surface area contributed by atoms with Crippen LogP contribution in [0.5, 0.6) is 0 Å². The number of thiophene rings is 1. The minimum Gasteiger partial charge on any atom is -0.366 e. The Morgan fingerprint density at radius 2 is 2.27 bits per heavy atom. The van der Waals surface area contributed by atoms with Crippen LogP contribution in [0.2, 0.25) is 0 Å². The summed E-state index contributed by atoms with van der Waals surface area (Å²) < 4.78 is 12.7. The van der Waals surface area contributed by atoms with Crippen LogP contribution in [0.4, 0.5) is 10.2 Å². The lowest BCUT2D eigenvalue weighted by molar-refractivity contribution is 0.580. The molecule has 0 aliphatic rings. The average molecular weight is 223 g/mol. The van der Waals surface area contributed by atoms with E-state index >= 15 is 0 Å². The van der Waals surface area contributed by atoms with Gasteiger partial charge in [0.25, 0.3) is 0 Å². The molecule has 15 heavy (non-hydrogen) atoms. The van der Waals surface area contributed by atoms with Crippen molar-refractivity contribution in [2.45, 2.75) is 13.5 Å². The Hall–Kier alpha value is -1.49. The summed E-state index contributed by atoms with van der Waals surface area (Å²) in [7, 11) is 0. The number of rotatable bonds is 3. The largest absolute Gasteiger partial charge is 0.366 e. The summed E-state index contributed by atoms with van der Waals surface area (Å²) in [5.41, 5.74) is 2.45.